The Morgan fingerprint density at radius 1 is 1.44 bits per heavy atom. The number of alkyl halides is 1. The minimum atomic E-state index is -0.885. The molecule has 1 aromatic carbocycles. The van der Waals surface area contributed by atoms with E-state index in [1.165, 1.54) is 0 Å². The van der Waals surface area contributed by atoms with Crippen LogP contribution >= 0.6 is 15.9 Å². The normalized spacial score (nSPS) is 25.6. The molecule has 0 N–H and O–H groups in total. The summed E-state index contributed by atoms with van der Waals surface area (Å²) in [5.74, 6) is -2.14. The van der Waals surface area contributed by atoms with Gasteiger partial charge in [-0.25, -0.2) is 13.6 Å². The summed E-state index contributed by atoms with van der Waals surface area (Å²) in [5.41, 5.74) is 1.31. The summed E-state index contributed by atoms with van der Waals surface area (Å²) >= 11 is 3.22. The van der Waals surface area contributed by atoms with Crippen molar-refractivity contribution in [3.8, 4) is 0 Å². The van der Waals surface area contributed by atoms with Crippen LogP contribution in [-0.4, -0.2) is 24.5 Å². The first-order valence-electron chi connectivity index (χ1n) is 8.41. The summed E-state index contributed by atoms with van der Waals surface area (Å²) in [6.45, 7) is 3.53. The number of allylic oxidation sites excluding steroid dienone is 1. The topological polar surface area (TPSA) is 43.4 Å². The van der Waals surface area contributed by atoms with E-state index >= 15 is 0 Å². The van der Waals surface area contributed by atoms with Gasteiger partial charge in [-0.2, -0.15) is 0 Å². The maximum Gasteiger partial charge on any atom is 0.341 e. The van der Waals surface area contributed by atoms with Crippen LogP contribution in [0.1, 0.15) is 53.6 Å². The van der Waals surface area contributed by atoms with Crippen molar-refractivity contribution < 1.29 is 23.1 Å². The Morgan fingerprint density at radius 3 is 2.72 bits per heavy atom. The molecule has 0 bridgehead atoms. The highest BCUT2D eigenvalue weighted by Crippen LogP contribution is 2.50. The summed E-state index contributed by atoms with van der Waals surface area (Å²) in [7, 11) is 0. The molecule has 1 saturated carbocycles. The lowest BCUT2D eigenvalue weighted by Crippen LogP contribution is -2.22. The number of benzene rings is 1. The number of hydrogen-bond donors (Lipinski definition) is 0. The summed E-state index contributed by atoms with van der Waals surface area (Å²) in [4.78, 5) is 25.1. The zero-order valence-corrected chi connectivity index (χ0v) is 15.7. The first-order chi connectivity index (χ1) is 11.9. The van der Waals surface area contributed by atoms with E-state index in [0.29, 0.717) is 30.4 Å². The molecule has 1 unspecified atom stereocenters. The summed E-state index contributed by atoms with van der Waals surface area (Å²) < 4.78 is 33.2. The Morgan fingerprint density at radius 2 is 2.12 bits per heavy atom. The van der Waals surface area contributed by atoms with Gasteiger partial charge in [0.15, 0.2) is 5.78 Å². The van der Waals surface area contributed by atoms with Crippen LogP contribution in [0.15, 0.2) is 22.2 Å². The van der Waals surface area contributed by atoms with E-state index in [4.69, 9.17) is 4.74 Å². The van der Waals surface area contributed by atoms with Gasteiger partial charge in [0, 0.05) is 5.56 Å². The summed E-state index contributed by atoms with van der Waals surface area (Å²) in [6.07, 6.45) is 2.20. The van der Waals surface area contributed by atoms with E-state index in [9.17, 15) is 18.4 Å². The lowest BCUT2D eigenvalue weighted by molar-refractivity contribution is -0.138. The fraction of sp³-hybridized carbons (Fsp3) is 0.474. The van der Waals surface area contributed by atoms with E-state index in [1.54, 1.807) is 19.9 Å². The fourth-order valence-corrected chi connectivity index (χ4v) is 3.96. The van der Waals surface area contributed by atoms with Crippen LogP contribution in [0.2, 0.25) is 0 Å². The first kappa shape index (κ1) is 18.2. The Balaban J connectivity index is 2.14. The Hall–Kier alpha value is -1.56. The number of carbonyl (C=O) groups excluding carboxylic acids is 2. The zero-order valence-electron chi connectivity index (χ0n) is 14.1. The smallest absolute Gasteiger partial charge is 0.341 e. The molecule has 3 atom stereocenters. The molecule has 0 radical (unpaired) electrons. The molecule has 25 heavy (non-hydrogen) atoms. The minimum absolute atomic E-state index is 0.0738. The second-order valence-electron chi connectivity index (χ2n) is 6.53. The number of fused-ring (bicyclic) bond motifs is 1. The van der Waals surface area contributed by atoms with Gasteiger partial charge >= 0.3 is 5.97 Å². The van der Waals surface area contributed by atoms with Gasteiger partial charge in [0.2, 0.25) is 0 Å². The third-order valence-corrected chi connectivity index (χ3v) is 5.93. The van der Waals surface area contributed by atoms with Crippen molar-refractivity contribution >= 4 is 27.7 Å². The highest BCUT2D eigenvalue weighted by Gasteiger charge is 2.46. The standard InChI is InChI=1S/C19H19BrF2O3/c1-3-25-19(24)11-6-4-5-10(12-7-14(12)21)16-9(2)17(20)15(22)8-13(16)18(11)23/h6,8,10,12,14H,3-5,7H2,1-2H3/t10-,12?,14+/m1/s1. The van der Waals surface area contributed by atoms with Gasteiger partial charge in [-0.05, 0) is 78.1 Å². The predicted molar refractivity (Wildman–Crippen MR) is 92.9 cm³/mol. The van der Waals surface area contributed by atoms with Crippen LogP contribution in [0.3, 0.4) is 0 Å². The highest BCUT2D eigenvalue weighted by atomic mass is 79.9. The number of ketones is 1. The monoisotopic (exact) mass is 412 g/mol. The molecule has 0 amide bonds. The van der Waals surface area contributed by atoms with Gasteiger partial charge < -0.3 is 4.74 Å². The van der Waals surface area contributed by atoms with Crippen molar-refractivity contribution in [2.75, 3.05) is 6.61 Å². The molecule has 0 heterocycles. The molecule has 6 heteroatoms. The van der Waals surface area contributed by atoms with Gasteiger partial charge in [0.05, 0.1) is 11.1 Å². The zero-order chi connectivity index (χ0) is 18.3. The molecule has 3 rings (SSSR count). The van der Waals surface area contributed by atoms with Gasteiger partial charge in [-0.15, -0.1) is 0 Å². The van der Waals surface area contributed by atoms with E-state index in [1.807, 2.05) is 0 Å². The van der Waals surface area contributed by atoms with E-state index in [0.717, 1.165) is 6.07 Å². The Kier molecular flexibility index (Phi) is 5.09. The molecule has 0 aliphatic heterocycles. The van der Waals surface area contributed by atoms with Crippen molar-refractivity contribution in [2.24, 2.45) is 5.92 Å². The third kappa shape index (κ3) is 3.28. The lowest BCUT2D eigenvalue weighted by atomic mass is 9.79. The predicted octanol–water partition coefficient (Wildman–Crippen LogP) is 4.80. The number of ether oxygens (including phenoxy) is 1. The van der Waals surface area contributed by atoms with Crippen molar-refractivity contribution in [3.63, 3.8) is 0 Å². The first-order valence-corrected chi connectivity index (χ1v) is 9.20. The summed E-state index contributed by atoms with van der Waals surface area (Å²) in [5, 5.41) is 0. The Bertz CT molecular complexity index is 772. The molecule has 0 spiro atoms. The second-order valence-corrected chi connectivity index (χ2v) is 7.32. The quantitative estimate of drug-likeness (QED) is 0.528. The largest absolute Gasteiger partial charge is 0.462 e. The van der Waals surface area contributed by atoms with Crippen LogP contribution < -0.4 is 0 Å². The van der Waals surface area contributed by atoms with E-state index < -0.39 is 23.7 Å². The minimum Gasteiger partial charge on any atom is -0.462 e. The number of rotatable bonds is 3. The average molecular weight is 413 g/mol. The fourth-order valence-electron chi connectivity index (χ4n) is 3.63. The van der Waals surface area contributed by atoms with Crippen molar-refractivity contribution in [2.45, 2.75) is 45.2 Å². The van der Waals surface area contributed by atoms with Gasteiger partial charge in [-0.1, -0.05) is 6.08 Å². The number of hydrogen-bond acceptors (Lipinski definition) is 3. The maximum atomic E-state index is 14.3. The van der Waals surface area contributed by atoms with Crippen LogP contribution in [0, 0.1) is 18.7 Å². The highest BCUT2D eigenvalue weighted by molar-refractivity contribution is 9.10. The van der Waals surface area contributed by atoms with Crippen molar-refractivity contribution in [1.82, 2.24) is 0 Å². The molecular weight excluding hydrogens is 394 g/mol. The second kappa shape index (κ2) is 6.98. The summed E-state index contributed by atoms with van der Waals surface area (Å²) in [6, 6.07) is 1.15. The molecule has 1 fully saturated rings. The Labute approximate surface area is 153 Å². The van der Waals surface area contributed by atoms with Gasteiger partial charge in [0.1, 0.15) is 17.6 Å². The number of esters is 1. The van der Waals surface area contributed by atoms with Gasteiger partial charge in [0.25, 0.3) is 0 Å². The van der Waals surface area contributed by atoms with Crippen LogP contribution in [0.4, 0.5) is 8.78 Å². The van der Waals surface area contributed by atoms with Crippen LogP contribution in [0.5, 0.6) is 0 Å². The molecule has 3 nitrogen and oxygen atoms in total. The molecule has 2 aliphatic carbocycles. The molecule has 2 aliphatic rings. The van der Waals surface area contributed by atoms with E-state index in [2.05, 4.69) is 15.9 Å². The molecule has 0 aromatic heterocycles. The van der Waals surface area contributed by atoms with Crippen molar-refractivity contribution in [1.29, 1.82) is 0 Å². The number of halogens is 3. The van der Waals surface area contributed by atoms with Crippen LogP contribution in [-0.2, 0) is 9.53 Å². The van der Waals surface area contributed by atoms with Gasteiger partial charge in [-0.3, -0.25) is 4.79 Å². The molecule has 134 valence electrons. The molecule has 0 saturated heterocycles. The molecule has 1 aromatic rings. The SMILES string of the molecule is CCOC(=O)C1=CCC[C@H](C2C[C@@H]2F)c2c(cc(F)c(Br)c2C)C1=O. The average Bonchev–Trinajstić information content (AvgIpc) is 3.28. The van der Waals surface area contributed by atoms with E-state index in [-0.39, 0.29) is 34.1 Å². The number of Topliss-reactive ketones (excluding diaryl/α,β-unsaturated/α-hetero) is 1. The third-order valence-electron chi connectivity index (χ3n) is 4.96. The van der Waals surface area contributed by atoms with Crippen molar-refractivity contribution in [3.05, 3.63) is 44.7 Å². The number of carbonyl (C=O) groups is 2. The maximum absolute atomic E-state index is 14.3. The lowest BCUT2D eigenvalue weighted by Gasteiger charge is -2.25. The molecular formula is C19H19BrF2O3. The van der Waals surface area contributed by atoms with Crippen LogP contribution in [0.25, 0.3) is 0 Å².